The number of hydrogen-bond acceptors (Lipinski definition) is 4. The van der Waals surface area contributed by atoms with Crippen molar-refractivity contribution >= 4 is 0 Å². The van der Waals surface area contributed by atoms with E-state index >= 15 is 0 Å². The second-order valence-electron chi connectivity index (χ2n) is 5.67. The average Bonchev–Trinajstić information content (AvgIpc) is 2.86. The molecule has 104 valence electrons. The largest absolute Gasteiger partial charge is 0.454 e. The summed E-state index contributed by atoms with van der Waals surface area (Å²) < 4.78 is 16.7. The molecular formula is C15H21NO3. The van der Waals surface area contributed by atoms with Crippen molar-refractivity contribution in [1.29, 1.82) is 0 Å². The van der Waals surface area contributed by atoms with E-state index in [1.165, 1.54) is 0 Å². The van der Waals surface area contributed by atoms with Gasteiger partial charge in [0.25, 0.3) is 0 Å². The summed E-state index contributed by atoms with van der Waals surface area (Å²) in [6, 6.07) is 6.52. The van der Waals surface area contributed by atoms with E-state index < -0.39 is 0 Å². The van der Waals surface area contributed by atoms with Crippen LogP contribution in [0.15, 0.2) is 18.2 Å². The van der Waals surface area contributed by atoms with Crippen LogP contribution in [0.5, 0.6) is 11.5 Å². The number of fused-ring (bicyclic) bond motifs is 1. The molecule has 2 aliphatic heterocycles. The van der Waals surface area contributed by atoms with Crippen LogP contribution in [0.2, 0.25) is 0 Å². The van der Waals surface area contributed by atoms with Gasteiger partial charge in [-0.15, -0.1) is 0 Å². The summed E-state index contributed by atoms with van der Waals surface area (Å²) in [6.45, 7) is 6.44. The van der Waals surface area contributed by atoms with Crippen molar-refractivity contribution in [1.82, 2.24) is 5.32 Å². The highest BCUT2D eigenvalue weighted by Gasteiger charge is 2.24. The van der Waals surface area contributed by atoms with Crippen LogP contribution in [0.3, 0.4) is 0 Å². The maximum atomic E-state index is 5.98. The molecule has 0 aliphatic carbocycles. The Bertz CT molecular complexity index is 439. The maximum Gasteiger partial charge on any atom is 0.231 e. The van der Waals surface area contributed by atoms with E-state index in [1.807, 2.05) is 12.1 Å². The molecule has 4 nitrogen and oxygen atoms in total. The van der Waals surface area contributed by atoms with Crippen LogP contribution in [0, 0.1) is 5.92 Å². The quantitative estimate of drug-likeness (QED) is 0.909. The van der Waals surface area contributed by atoms with Crippen LogP contribution in [0.25, 0.3) is 0 Å². The zero-order valence-electron chi connectivity index (χ0n) is 11.5. The predicted octanol–water partition coefficient (Wildman–Crippen LogP) is 2.49. The molecule has 1 saturated heterocycles. The van der Waals surface area contributed by atoms with Crippen molar-refractivity contribution < 1.29 is 14.2 Å². The lowest BCUT2D eigenvalue weighted by Crippen LogP contribution is -2.43. The monoisotopic (exact) mass is 263 g/mol. The molecule has 0 spiro atoms. The summed E-state index contributed by atoms with van der Waals surface area (Å²) >= 11 is 0. The van der Waals surface area contributed by atoms with Gasteiger partial charge in [-0.1, -0.05) is 19.9 Å². The lowest BCUT2D eigenvalue weighted by atomic mass is 10.0. The van der Waals surface area contributed by atoms with Gasteiger partial charge < -0.3 is 19.5 Å². The Morgan fingerprint density at radius 3 is 2.84 bits per heavy atom. The Balaban J connectivity index is 1.62. The fourth-order valence-corrected chi connectivity index (χ4v) is 2.67. The summed E-state index contributed by atoms with van der Waals surface area (Å²) in [5.41, 5.74) is 1.15. The molecule has 2 heterocycles. The highest BCUT2D eigenvalue weighted by Crippen LogP contribution is 2.35. The Labute approximate surface area is 114 Å². The third-order valence-corrected chi connectivity index (χ3v) is 3.61. The van der Waals surface area contributed by atoms with E-state index in [0.29, 0.717) is 18.8 Å². The van der Waals surface area contributed by atoms with E-state index in [9.17, 15) is 0 Å². The summed E-state index contributed by atoms with van der Waals surface area (Å²) in [5, 5.41) is 3.57. The van der Waals surface area contributed by atoms with Gasteiger partial charge in [0.2, 0.25) is 6.79 Å². The first-order valence-corrected chi connectivity index (χ1v) is 6.97. The molecule has 1 aromatic rings. The van der Waals surface area contributed by atoms with Gasteiger partial charge >= 0.3 is 0 Å². The maximum absolute atomic E-state index is 5.98. The number of morpholine rings is 1. The van der Waals surface area contributed by atoms with Gasteiger partial charge in [-0.25, -0.2) is 0 Å². The summed E-state index contributed by atoms with van der Waals surface area (Å²) in [5.74, 6) is 2.35. The molecule has 3 rings (SSSR count). The molecular weight excluding hydrogens is 242 g/mol. The molecule has 1 aromatic carbocycles. The SMILES string of the molecule is CC(C)CC1COC(c2ccc3c(c2)OCO3)CN1. The number of rotatable bonds is 3. The summed E-state index contributed by atoms with van der Waals surface area (Å²) in [4.78, 5) is 0. The number of hydrogen-bond donors (Lipinski definition) is 1. The second kappa shape index (κ2) is 5.39. The van der Waals surface area contributed by atoms with Gasteiger partial charge in [0.15, 0.2) is 11.5 Å². The van der Waals surface area contributed by atoms with Crippen LogP contribution in [0.4, 0.5) is 0 Å². The van der Waals surface area contributed by atoms with E-state index in [0.717, 1.165) is 36.6 Å². The fraction of sp³-hybridized carbons (Fsp3) is 0.600. The lowest BCUT2D eigenvalue weighted by Gasteiger charge is -2.31. The fourth-order valence-electron chi connectivity index (χ4n) is 2.67. The molecule has 4 heteroatoms. The highest BCUT2D eigenvalue weighted by atomic mass is 16.7. The molecule has 19 heavy (non-hydrogen) atoms. The van der Waals surface area contributed by atoms with Crippen LogP contribution in [0.1, 0.15) is 31.9 Å². The molecule has 0 saturated carbocycles. The van der Waals surface area contributed by atoms with Crippen LogP contribution >= 0.6 is 0 Å². The van der Waals surface area contributed by atoms with E-state index in [-0.39, 0.29) is 6.10 Å². The van der Waals surface area contributed by atoms with Crippen molar-refractivity contribution in [3.63, 3.8) is 0 Å². The first kappa shape index (κ1) is 12.8. The highest BCUT2D eigenvalue weighted by molar-refractivity contribution is 5.45. The van der Waals surface area contributed by atoms with Gasteiger partial charge in [-0.2, -0.15) is 0 Å². The molecule has 0 radical (unpaired) electrons. The Hall–Kier alpha value is -1.26. The van der Waals surface area contributed by atoms with Crippen molar-refractivity contribution in [2.45, 2.75) is 32.4 Å². The van der Waals surface area contributed by atoms with Gasteiger partial charge in [0, 0.05) is 12.6 Å². The first-order valence-electron chi connectivity index (χ1n) is 6.97. The second-order valence-corrected chi connectivity index (χ2v) is 5.67. The molecule has 1 N–H and O–H groups in total. The minimum atomic E-state index is 0.109. The normalized spacial score (nSPS) is 25.8. The van der Waals surface area contributed by atoms with E-state index in [4.69, 9.17) is 14.2 Å². The van der Waals surface area contributed by atoms with Gasteiger partial charge in [-0.3, -0.25) is 0 Å². The zero-order valence-corrected chi connectivity index (χ0v) is 11.5. The van der Waals surface area contributed by atoms with Crippen molar-refractivity contribution in [2.75, 3.05) is 19.9 Å². The number of ether oxygens (including phenoxy) is 3. The molecule has 0 amide bonds. The lowest BCUT2D eigenvalue weighted by molar-refractivity contribution is -0.00138. The van der Waals surface area contributed by atoms with Crippen molar-refractivity contribution in [3.05, 3.63) is 23.8 Å². The minimum absolute atomic E-state index is 0.109. The Kier molecular flexibility index (Phi) is 3.62. The van der Waals surface area contributed by atoms with Gasteiger partial charge in [-0.05, 0) is 30.0 Å². The van der Waals surface area contributed by atoms with E-state index in [2.05, 4.69) is 25.2 Å². The minimum Gasteiger partial charge on any atom is -0.454 e. The first-order chi connectivity index (χ1) is 9.22. The molecule has 0 aromatic heterocycles. The molecule has 2 atom stereocenters. The van der Waals surface area contributed by atoms with Crippen LogP contribution in [-0.2, 0) is 4.74 Å². The van der Waals surface area contributed by atoms with Gasteiger partial charge in [0.05, 0.1) is 12.7 Å². The third kappa shape index (κ3) is 2.85. The standard InChI is InChI=1S/C15H21NO3/c1-10(2)5-12-8-17-15(7-16-12)11-3-4-13-14(6-11)19-9-18-13/h3-4,6,10,12,15-16H,5,7-9H2,1-2H3. The molecule has 0 bridgehead atoms. The van der Waals surface area contributed by atoms with Crippen molar-refractivity contribution in [2.24, 2.45) is 5.92 Å². The molecule has 2 unspecified atom stereocenters. The number of nitrogens with one attached hydrogen (secondary N) is 1. The van der Waals surface area contributed by atoms with Crippen LogP contribution < -0.4 is 14.8 Å². The zero-order chi connectivity index (χ0) is 13.2. The summed E-state index contributed by atoms with van der Waals surface area (Å²) in [7, 11) is 0. The van der Waals surface area contributed by atoms with E-state index in [1.54, 1.807) is 0 Å². The van der Waals surface area contributed by atoms with Crippen LogP contribution in [-0.4, -0.2) is 26.0 Å². The van der Waals surface area contributed by atoms with Gasteiger partial charge in [0.1, 0.15) is 0 Å². The Morgan fingerprint density at radius 1 is 1.26 bits per heavy atom. The third-order valence-electron chi connectivity index (χ3n) is 3.61. The summed E-state index contributed by atoms with van der Waals surface area (Å²) in [6.07, 6.45) is 1.27. The smallest absolute Gasteiger partial charge is 0.231 e. The predicted molar refractivity (Wildman–Crippen MR) is 72.5 cm³/mol. The molecule has 2 aliphatic rings. The topological polar surface area (TPSA) is 39.7 Å². The van der Waals surface area contributed by atoms with Crippen molar-refractivity contribution in [3.8, 4) is 11.5 Å². The molecule has 1 fully saturated rings. The Morgan fingerprint density at radius 2 is 2.11 bits per heavy atom. The number of benzene rings is 1. The average molecular weight is 263 g/mol.